The lowest BCUT2D eigenvalue weighted by atomic mass is 9.58. The van der Waals surface area contributed by atoms with E-state index in [0.29, 0.717) is 12.0 Å². The van der Waals surface area contributed by atoms with Crippen LogP contribution in [0.1, 0.15) is 43.2 Å². The number of amides is 1. The highest BCUT2D eigenvalue weighted by molar-refractivity contribution is 5.99. The second-order valence-electron chi connectivity index (χ2n) is 10.3. The Balaban J connectivity index is 1.43. The number of allylic oxidation sites excluding steroid dienone is 1. The number of carbonyl (C=O) groups is 2. The Hall–Kier alpha value is -3.87. The number of carbonyl (C=O) groups excluding carboxylic acids is 2. The predicted octanol–water partition coefficient (Wildman–Crippen LogP) is 5.32. The molecule has 6 atom stereocenters. The van der Waals surface area contributed by atoms with Crippen LogP contribution < -0.4 is 5.32 Å². The van der Waals surface area contributed by atoms with E-state index in [4.69, 9.17) is 4.74 Å². The summed E-state index contributed by atoms with van der Waals surface area (Å²) in [7, 11) is 0. The van der Waals surface area contributed by atoms with Crippen molar-refractivity contribution in [3.63, 3.8) is 0 Å². The Morgan fingerprint density at radius 2 is 1.89 bits per heavy atom. The first-order valence-corrected chi connectivity index (χ1v) is 12.6. The van der Waals surface area contributed by atoms with Gasteiger partial charge in [0, 0.05) is 35.6 Å². The molecule has 1 N–H and O–H groups in total. The molecule has 37 heavy (non-hydrogen) atoms. The minimum atomic E-state index is -1.10. The van der Waals surface area contributed by atoms with Crippen LogP contribution in [0.25, 0.3) is 17.2 Å². The van der Waals surface area contributed by atoms with E-state index in [1.807, 2.05) is 31.2 Å². The Morgan fingerprint density at radius 3 is 2.59 bits per heavy atom. The van der Waals surface area contributed by atoms with Gasteiger partial charge in [0.1, 0.15) is 17.5 Å². The van der Waals surface area contributed by atoms with Crippen molar-refractivity contribution in [3.8, 4) is 11.1 Å². The van der Waals surface area contributed by atoms with Crippen molar-refractivity contribution in [3.05, 3.63) is 90.3 Å². The molecule has 2 aliphatic rings. The van der Waals surface area contributed by atoms with E-state index in [1.165, 1.54) is 12.1 Å². The summed E-state index contributed by atoms with van der Waals surface area (Å²) < 4.78 is 19.4. The summed E-state index contributed by atoms with van der Waals surface area (Å²) in [6.07, 6.45) is 9.07. The molecule has 2 fully saturated rings. The predicted molar refractivity (Wildman–Crippen MR) is 139 cm³/mol. The van der Waals surface area contributed by atoms with E-state index in [2.05, 4.69) is 35.2 Å². The fourth-order valence-electron chi connectivity index (χ4n) is 5.96. The number of benzene rings is 1. The van der Waals surface area contributed by atoms with Gasteiger partial charge in [-0.25, -0.2) is 9.18 Å². The van der Waals surface area contributed by atoms with Crippen LogP contribution in [0, 0.1) is 29.5 Å². The number of nitrogens with one attached hydrogen (secondary N) is 1. The number of nitrogens with zero attached hydrogens (tertiary/aromatic N) is 2. The summed E-state index contributed by atoms with van der Waals surface area (Å²) in [6, 6.07) is 13.5. The van der Waals surface area contributed by atoms with Gasteiger partial charge < -0.3 is 10.1 Å². The summed E-state index contributed by atoms with van der Waals surface area (Å²) >= 11 is 0. The average Bonchev–Trinajstić information content (AvgIpc) is 3.13. The number of halogens is 1. The molecule has 190 valence electrons. The molecule has 5 rings (SSSR count). The van der Waals surface area contributed by atoms with E-state index in [-0.39, 0.29) is 47.5 Å². The number of esters is 1. The van der Waals surface area contributed by atoms with Crippen LogP contribution in [0.3, 0.4) is 0 Å². The molecule has 0 radical (unpaired) electrons. The van der Waals surface area contributed by atoms with Crippen molar-refractivity contribution in [1.29, 1.82) is 0 Å². The third-order valence-corrected chi connectivity index (χ3v) is 8.01. The monoisotopic (exact) mass is 499 g/mol. The lowest BCUT2D eigenvalue weighted by Gasteiger charge is -2.47. The number of hydrogen-bond donors (Lipinski definition) is 1. The molecular formula is C30H30FN3O3. The zero-order chi connectivity index (χ0) is 26.2. The highest BCUT2D eigenvalue weighted by Gasteiger charge is 2.63. The van der Waals surface area contributed by atoms with Crippen LogP contribution in [0.15, 0.2) is 73.2 Å². The molecule has 1 aromatic carbocycles. The average molecular weight is 500 g/mol. The van der Waals surface area contributed by atoms with Gasteiger partial charge in [-0.2, -0.15) is 0 Å². The number of hydrogen-bond acceptors (Lipinski definition) is 5. The van der Waals surface area contributed by atoms with Gasteiger partial charge in [0.2, 0.25) is 0 Å². The maximum atomic E-state index is 13.6. The van der Waals surface area contributed by atoms with Gasteiger partial charge >= 0.3 is 5.97 Å². The SMILES string of the molecule is CC1C[C@@]2(NC(=O)c3ccncc3)C(=O)O[C@H](C)C2C(/C=C/c2ccc(-c3cccc(F)c3)cn2)C1C. The Kier molecular flexibility index (Phi) is 6.63. The minimum Gasteiger partial charge on any atom is -0.460 e. The molecule has 1 saturated carbocycles. The smallest absolute Gasteiger partial charge is 0.332 e. The third kappa shape index (κ3) is 4.66. The molecule has 3 heterocycles. The summed E-state index contributed by atoms with van der Waals surface area (Å²) in [5.74, 6) is -0.781. The van der Waals surface area contributed by atoms with Gasteiger partial charge in [-0.15, -0.1) is 0 Å². The van der Waals surface area contributed by atoms with Gasteiger partial charge in [0.05, 0.1) is 5.69 Å². The van der Waals surface area contributed by atoms with Crippen LogP contribution in [0.4, 0.5) is 4.39 Å². The first-order valence-electron chi connectivity index (χ1n) is 12.6. The van der Waals surface area contributed by atoms with Gasteiger partial charge in [-0.3, -0.25) is 14.8 Å². The molecule has 1 aliphatic heterocycles. The van der Waals surface area contributed by atoms with E-state index in [9.17, 15) is 14.0 Å². The molecule has 4 unspecified atom stereocenters. The molecule has 1 saturated heterocycles. The van der Waals surface area contributed by atoms with E-state index in [1.54, 1.807) is 36.8 Å². The van der Waals surface area contributed by atoms with Crippen LogP contribution >= 0.6 is 0 Å². The van der Waals surface area contributed by atoms with Crippen molar-refractivity contribution < 1.29 is 18.7 Å². The molecule has 6 nitrogen and oxygen atoms in total. The minimum absolute atomic E-state index is 0.0207. The summed E-state index contributed by atoms with van der Waals surface area (Å²) in [4.78, 5) is 34.9. The summed E-state index contributed by atoms with van der Waals surface area (Å²) in [6.45, 7) is 6.20. The number of cyclic esters (lactones) is 1. The molecule has 0 bridgehead atoms. The third-order valence-electron chi connectivity index (χ3n) is 8.01. The molecule has 1 aliphatic carbocycles. The van der Waals surface area contributed by atoms with E-state index in [0.717, 1.165) is 16.8 Å². The van der Waals surface area contributed by atoms with Gasteiger partial charge in [0.25, 0.3) is 5.91 Å². The molecule has 7 heteroatoms. The largest absolute Gasteiger partial charge is 0.460 e. The molecule has 2 aromatic heterocycles. The number of rotatable bonds is 5. The normalized spacial score (nSPS) is 29.1. The maximum Gasteiger partial charge on any atom is 0.332 e. The number of ether oxygens (including phenoxy) is 1. The van der Waals surface area contributed by atoms with E-state index >= 15 is 0 Å². The topological polar surface area (TPSA) is 81.2 Å². The van der Waals surface area contributed by atoms with Crippen LogP contribution in [0.5, 0.6) is 0 Å². The molecule has 1 amide bonds. The fourth-order valence-corrected chi connectivity index (χ4v) is 5.96. The van der Waals surface area contributed by atoms with Gasteiger partial charge in [-0.1, -0.05) is 38.1 Å². The van der Waals surface area contributed by atoms with Crippen molar-refractivity contribution in [1.82, 2.24) is 15.3 Å². The summed E-state index contributed by atoms with van der Waals surface area (Å²) in [5.41, 5.74) is 1.71. The van der Waals surface area contributed by atoms with Crippen molar-refractivity contribution >= 4 is 18.0 Å². The number of fused-ring (bicyclic) bond motifs is 1. The number of aromatic nitrogens is 2. The van der Waals surface area contributed by atoms with Crippen molar-refractivity contribution in [2.24, 2.45) is 23.7 Å². The Labute approximate surface area is 216 Å². The first-order chi connectivity index (χ1) is 17.8. The second-order valence-corrected chi connectivity index (χ2v) is 10.3. The quantitative estimate of drug-likeness (QED) is 0.481. The van der Waals surface area contributed by atoms with Crippen molar-refractivity contribution in [2.75, 3.05) is 0 Å². The van der Waals surface area contributed by atoms with Crippen LogP contribution in [-0.4, -0.2) is 33.5 Å². The van der Waals surface area contributed by atoms with Crippen LogP contribution in [0.2, 0.25) is 0 Å². The van der Waals surface area contributed by atoms with Gasteiger partial charge in [-0.05, 0) is 73.1 Å². The fraction of sp³-hybridized carbons (Fsp3) is 0.333. The lowest BCUT2D eigenvalue weighted by molar-refractivity contribution is -0.146. The van der Waals surface area contributed by atoms with Crippen molar-refractivity contribution in [2.45, 2.75) is 38.8 Å². The Morgan fingerprint density at radius 1 is 1.11 bits per heavy atom. The first kappa shape index (κ1) is 24.8. The highest BCUT2D eigenvalue weighted by Crippen LogP contribution is 2.51. The Bertz CT molecular complexity index is 1330. The molecular weight excluding hydrogens is 469 g/mol. The highest BCUT2D eigenvalue weighted by atomic mass is 19.1. The zero-order valence-corrected chi connectivity index (χ0v) is 21.1. The van der Waals surface area contributed by atoms with Gasteiger partial charge in [0.15, 0.2) is 0 Å². The zero-order valence-electron chi connectivity index (χ0n) is 21.1. The maximum absolute atomic E-state index is 13.6. The molecule has 3 aromatic rings. The second kappa shape index (κ2) is 9.88. The standard InChI is InChI=1S/C30H30FN3O3/c1-18-16-30(34-28(35)21-11-13-32-14-12-21)27(20(3)37-29(30)36)26(19(18)2)10-9-25-8-7-23(17-33-25)22-5-4-6-24(31)15-22/h4-15,17-20,26-27H,16H2,1-3H3,(H,34,35)/b10-9+/t18?,19?,20-,26?,27?,30+/m1/s1. The van der Waals surface area contributed by atoms with Crippen LogP contribution in [-0.2, 0) is 9.53 Å². The summed E-state index contributed by atoms with van der Waals surface area (Å²) in [5, 5.41) is 3.08. The number of pyridine rings is 2. The molecule has 0 spiro atoms. The lowest BCUT2D eigenvalue weighted by Crippen LogP contribution is -2.62. The van der Waals surface area contributed by atoms with E-state index < -0.39 is 5.54 Å².